The minimum atomic E-state index is -0.632. The lowest BCUT2D eigenvalue weighted by Crippen LogP contribution is -2.35. The third-order valence-corrected chi connectivity index (χ3v) is 10.7. The van der Waals surface area contributed by atoms with Crippen LogP contribution in [-0.2, 0) is 0 Å². The maximum Gasteiger partial charge on any atom is 0.0814 e. The Morgan fingerprint density at radius 3 is 2.41 bits per heavy atom. The van der Waals surface area contributed by atoms with Gasteiger partial charge in [-0.25, -0.2) is 0 Å². The maximum absolute atomic E-state index is 11.1. The Balaban J connectivity index is 1.40. The van der Waals surface area contributed by atoms with E-state index in [0.29, 0.717) is 36.2 Å². The zero-order valence-electron chi connectivity index (χ0n) is 23.7. The van der Waals surface area contributed by atoms with E-state index in [2.05, 4.69) is 58.2 Å². The fourth-order valence-electron chi connectivity index (χ4n) is 8.00. The molecule has 4 saturated carbocycles. The Labute approximate surface area is 226 Å². The van der Waals surface area contributed by atoms with Crippen molar-refractivity contribution in [3.63, 3.8) is 0 Å². The molecule has 7 atom stereocenters. The van der Waals surface area contributed by atoms with E-state index >= 15 is 0 Å². The molecule has 206 valence electrons. The van der Waals surface area contributed by atoms with Crippen LogP contribution in [-0.4, -0.2) is 33.6 Å². The molecule has 4 fully saturated rings. The molecule has 4 aliphatic carbocycles. The van der Waals surface area contributed by atoms with Gasteiger partial charge in [0.15, 0.2) is 0 Å². The van der Waals surface area contributed by atoms with Gasteiger partial charge in [0.1, 0.15) is 0 Å². The van der Waals surface area contributed by atoms with E-state index in [1.807, 2.05) is 0 Å². The van der Waals surface area contributed by atoms with Gasteiger partial charge in [-0.1, -0.05) is 87.8 Å². The lowest BCUT2D eigenvalue weighted by Gasteiger charge is -2.44. The predicted octanol–water partition coefficient (Wildman–Crippen LogP) is 7.60. The van der Waals surface area contributed by atoms with Crippen molar-refractivity contribution >= 4 is 0 Å². The molecule has 0 heterocycles. The summed E-state index contributed by atoms with van der Waals surface area (Å²) in [6.07, 6.45) is 21.4. The Hall–Kier alpha value is -1.42. The summed E-state index contributed by atoms with van der Waals surface area (Å²) in [5, 5.41) is 31.6. The topological polar surface area (TPSA) is 60.7 Å². The fourth-order valence-corrected chi connectivity index (χ4v) is 8.00. The van der Waals surface area contributed by atoms with Crippen LogP contribution >= 0.6 is 0 Å². The van der Waals surface area contributed by atoms with Gasteiger partial charge in [-0.3, -0.25) is 0 Å². The smallest absolute Gasteiger partial charge is 0.0814 e. The van der Waals surface area contributed by atoms with Gasteiger partial charge < -0.3 is 15.3 Å². The molecule has 4 rings (SSSR count). The lowest BCUT2D eigenvalue weighted by molar-refractivity contribution is 0.110. The average molecular weight is 509 g/mol. The van der Waals surface area contributed by atoms with Crippen molar-refractivity contribution < 1.29 is 15.3 Å². The number of hydrogen-bond acceptors (Lipinski definition) is 3. The van der Waals surface area contributed by atoms with Gasteiger partial charge in [-0.05, 0) is 99.4 Å². The third-order valence-electron chi connectivity index (χ3n) is 10.7. The van der Waals surface area contributed by atoms with Crippen molar-refractivity contribution in [2.75, 3.05) is 0 Å². The normalized spacial score (nSPS) is 37.2. The SMILES string of the molecule is C=C1C(O)CC(=C/C=C2\CCCC3(C)C2CC[C@@H]3[C@H](C)/C=C/C(O)C2(C(=C)CCCCC)CC2)C[C@H]1O. The van der Waals surface area contributed by atoms with E-state index in [9.17, 15) is 15.3 Å². The van der Waals surface area contributed by atoms with E-state index in [1.165, 1.54) is 50.5 Å². The highest BCUT2D eigenvalue weighted by atomic mass is 16.3. The molecule has 3 N–H and O–H groups in total. The summed E-state index contributed by atoms with van der Waals surface area (Å²) in [6, 6.07) is 0. The van der Waals surface area contributed by atoms with Crippen molar-refractivity contribution in [1.82, 2.24) is 0 Å². The minimum absolute atomic E-state index is 0.0625. The first-order valence-corrected chi connectivity index (χ1v) is 15.1. The van der Waals surface area contributed by atoms with Gasteiger partial charge in [0.2, 0.25) is 0 Å². The molecule has 4 aliphatic rings. The molecule has 0 aromatic rings. The molecule has 4 unspecified atom stereocenters. The molecular weight excluding hydrogens is 456 g/mol. The summed E-state index contributed by atoms with van der Waals surface area (Å²) in [4.78, 5) is 0. The third kappa shape index (κ3) is 5.94. The predicted molar refractivity (Wildman–Crippen MR) is 154 cm³/mol. The number of aliphatic hydroxyl groups excluding tert-OH is 3. The number of unbranched alkanes of at least 4 members (excludes halogenated alkanes) is 2. The Morgan fingerprint density at radius 1 is 1.05 bits per heavy atom. The van der Waals surface area contributed by atoms with Crippen LogP contribution in [0.4, 0.5) is 0 Å². The maximum atomic E-state index is 11.1. The van der Waals surface area contributed by atoms with Gasteiger partial charge >= 0.3 is 0 Å². The first-order chi connectivity index (χ1) is 17.6. The molecule has 0 aromatic carbocycles. The van der Waals surface area contributed by atoms with Crippen LogP contribution in [0.1, 0.15) is 104 Å². The van der Waals surface area contributed by atoms with Crippen LogP contribution < -0.4 is 0 Å². The average Bonchev–Trinajstić information content (AvgIpc) is 3.60. The zero-order valence-corrected chi connectivity index (χ0v) is 23.7. The highest BCUT2D eigenvalue weighted by Crippen LogP contribution is 2.60. The molecule has 3 nitrogen and oxygen atoms in total. The standard InChI is InChI=1S/C34H52O3/c1-6-7-8-10-24(3)34(19-20-34)32(37)17-12-23(2)28-15-16-29-27(11-9-18-33(28,29)5)14-13-26-21-30(35)25(4)31(36)22-26/h12-14,17,23,28-32,35-37H,3-4,6-11,15-16,18-22H2,1-2,5H3/b17-12+,26-13?,27-14+/t23-,28-,29?,30-,31?,32?,33?/m1/s1. The van der Waals surface area contributed by atoms with Crippen molar-refractivity contribution in [1.29, 1.82) is 0 Å². The second-order valence-electron chi connectivity index (χ2n) is 13.1. The molecule has 3 heteroatoms. The molecule has 37 heavy (non-hydrogen) atoms. The van der Waals surface area contributed by atoms with E-state index < -0.39 is 18.3 Å². The van der Waals surface area contributed by atoms with E-state index in [-0.39, 0.29) is 10.8 Å². The number of rotatable bonds is 10. The second kappa shape index (κ2) is 11.8. The monoisotopic (exact) mass is 508 g/mol. The van der Waals surface area contributed by atoms with Crippen molar-refractivity contribution in [2.45, 2.75) is 123 Å². The molecule has 0 saturated heterocycles. The minimum Gasteiger partial charge on any atom is -0.388 e. The molecule has 0 amide bonds. The van der Waals surface area contributed by atoms with Crippen molar-refractivity contribution in [2.24, 2.45) is 28.6 Å². The first kappa shape index (κ1) is 28.6. The van der Waals surface area contributed by atoms with Crippen LogP contribution in [0.25, 0.3) is 0 Å². The van der Waals surface area contributed by atoms with Crippen molar-refractivity contribution in [3.05, 3.63) is 59.8 Å². The van der Waals surface area contributed by atoms with E-state index in [1.54, 1.807) is 5.57 Å². The number of allylic oxidation sites excluding steroid dienone is 4. The molecule has 0 aromatic heterocycles. The summed E-state index contributed by atoms with van der Waals surface area (Å²) in [5.41, 5.74) is 4.71. The molecule has 0 radical (unpaired) electrons. The van der Waals surface area contributed by atoms with Crippen LogP contribution in [0.15, 0.2) is 59.8 Å². The van der Waals surface area contributed by atoms with Crippen LogP contribution in [0.3, 0.4) is 0 Å². The van der Waals surface area contributed by atoms with Gasteiger partial charge in [0, 0.05) is 5.41 Å². The number of fused-ring (bicyclic) bond motifs is 1. The largest absolute Gasteiger partial charge is 0.388 e. The first-order valence-electron chi connectivity index (χ1n) is 15.1. The summed E-state index contributed by atoms with van der Waals surface area (Å²) < 4.78 is 0. The Kier molecular flexibility index (Phi) is 9.09. The number of hydrogen-bond donors (Lipinski definition) is 3. The van der Waals surface area contributed by atoms with Gasteiger partial charge in [-0.2, -0.15) is 0 Å². The second-order valence-corrected chi connectivity index (χ2v) is 13.1. The summed E-state index contributed by atoms with van der Waals surface area (Å²) >= 11 is 0. The van der Waals surface area contributed by atoms with Crippen LogP contribution in [0.5, 0.6) is 0 Å². The molecule has 0 aliphatic heterocycles. The van der Waals surface area contributed by atoms with Crippen LogP contribution in [0.2, 0.25) is 0 Å². The van der Waals surface area contributed by atoms with Gasteiger partial charge in [0.05, 0.1) is 18.3 Å². The van der Waals surface area contributed by atoms with Gasteiger partial charge in [0.25, 0.3) is 0 Å². The lowest BCUT2D eigenvalue weighted by atomic mass is 9.61. The summed E-state index contributed by atoms with van der Waals surface area (Å²) in [6.45, 7) is 15.3. The number of aliphatic hydroxyl groups is 3. The summed E-state index contributed by atoms with van der Waals surface area (Å²) in [5.74, 6) is 1.67. The Morgan fingerprint density at radius 2 is 1.76 bits per heavy atom. The fraction of sp³-hybridized carbons (Fsp3) is 0.706. The van der Waals surface area contributed by atoms with Gasteiger partial charge in [-0.15, -0.1) is 0 Å². The summed E-state index contributed by atoms with van der Waals surface area (Å²) in [7, 11) is 0. The molecular formula is C34H52O3. The van der Waals surface area contributed by atoms with E-state index in [0.717, 1.165) is 31.3 Å². The molecule has 0 spiro atoms. The zero-order chi connectivity index (χ0) is 26.8. The molecule has 0 bridgehead atoms. The van der Waals surface area contributed by atoms with Crippen LogP contribution in [0, 0.1) is 28.6 Å². The highest BCUT2D eigenvalue weighted by Gasteiger charge is 2.51. The Bertz CT molecular complexity index is 919. The quantitative estimate of drug-likeness (QED) is 0.210. The van der Waals surface area contributed by atoms with E-state index in [4.69, 9.17) is 0 Å². The highest BCUT2D eigenvalue weighted by molar-refractivity contribution is 5.30. The van der Waals surface area contributed by atoms with Crippen molar-refractivity contribution in [3.8, 4) is 0 Å².